The molecule has 0 aliphatic heterocycles. The third kappa shape index (κ3) is 2.87. The number of amides is 1. The summed E-state index contributed by atoms with van der Waals surface area (Å²) < 4.78 is 27.8. The largest absolute Gasteiger partial charge is 0.455 e. The van der Waals surface area contributed by atoms with Crippen LogP contribution in [0.5, 0.6) is 0 Å². The van der Waals surface area contributed by atoms with E-state index in [9.17, 15) is 13.2 Å². The summed E-state index contributed by atoms with van der Waals surface area (Å²) in [5, 5.41) is 7.90. The molecule has 0 spiro atoms. The molecule has 0 bridgehead atoms. The van der Waals surface area contributed by atoms with Crippen molar-refractivity contribution in [3.05, 3.63) is 17.6 Å². The van der Waals surface area contributed by atoms with E-state index in [1.807, 2.05) is 0 Å². The smallest absolute Gasteiger partial charge is 0.287 e. The fourth-order valence-corrected chi connectivity index (χ4v) is 3.31. The van der Waals surface area contributed by atoms with Crippen LogP contribution < -0.4 is 16.2 Å². The molecule has 8 heteroatoms. The maximum absolute atomic E-state index is 12.2. The van der Waals surface area contributed by atoms with Gasteiger partial charge in [0.15, 0.2) is 5.76 Å². The molecule has 0 unspecified atom stereocenters. The van der Waals surface area contributed by atoms with Gasteiger partial charge >= 0.3 is 0 Å². The van der Waals surface area contributed by atoms with Gasteiger partial charge < -0.3 is 15.5 Å². The van der Waals surface area contributed by atoms with Crippen LogP contribution in [0.4, 0.5) is 0 Å². The van der Waals surface area contributed by atoms with Crippen molar-refractivity contribution in [2.24, 2.45) is 10.9 Å². The topological polar surface area (TPSA) is 128 Å². The van der Waals surface area contributed by atoms with E-state index in [1.54, 1.807) is 0 Å². The molecule has 1 aliphatic rings. The van der Waals surface area contributed by atoms with Crippen LogP contribution in [0.15, 0.2) is 15.4 Å². The lowest BCUT2D eigenvalue weighted by molar-refractivity contribution is 0.0873. The lowest BCUT2D eigenvalue weighted by Crippen LogP contribution is -2.51. The standard InChI is InChI=1S/C12H19N3O4S/c1-8-10(20(14,17)18)6-9(19-8)11(16)15-12(7-13)4-2-3-5-12/h6H,2-5,7,13H2,1H3,(H,15,16)(H2,14,17,18). The molecular weight excluding hydrogens is 282 g/mol. The Hall–Kier alpha value is -1.38. The summed E-state index contributed by atoms with van der Waals surface area (Å²) in [6.45, 7) is 1.80. The van der Waals surface area contributed by atoms with Gasteiger partial charge in [-0.15, -0.1) is 0 Å². The van der Waals surface area contributed by atoms with Crippen LogP contribution in [0.3, 0.4) is 0 Å². The van der Waals surface area contributed by atoms with Crippen molar-refractivity contribution in [1.29, 1.82) is 0 Å². The van der Waals surface area contributed by atoms with Gasteiger partial charge in [0.25, 0.3) is 5.91 Å². The van der Waals surface area contributed by atoms with E-state index < -0.39 is 21.5 Å². The molecular formula is C12H19N3O4S. The van der Waals surface area contributed by atoms with Gasteiger partial charge in [-0.1, -0.05) is 12.8 Å². The first-order chi connectivity index (χ1) is 9.27. The highest BCUT2D eigenvalue weighted by molar-refractivity contribution is 7.89. The zero-order valence-electron chi connectivity index (χ0n) is 11.3. The van der Waals surface area contributed by atoms with Gasteiger partial charge in [-0.05, 0) is 19.8 Å². The van der Waals surface area contributed by atoms with E-state index in [0.29, 0.717) is 6.54 Å². The van der Waals surface area contributed by atoms with Crippen molar-refractivity contribution in [1.82, 2.24) is 5.32 Å². The summed E-state index contributed by atoms with van der Waals surface area (Å²) in [5.41, 5.74) is 5.32. The van der Waals surface area contributed by atoms with Crippen LogP contribution in [0.25, 0.3) is 0 Å². The van der Waals surface area contributed by atoms with Crippen molar-refractivity contribution in [2.75, 3.05) is 6.54 Å². The fourth-order valence-electron chi connectivity index (χ4n) is 2.59. The first-order valence-electron chi connectivity index (χ1n) is 6.43. The number of hydrogen-bond donors (Lipinski definition) is 3. The summed E-state index contributed by atoms with van der Waals surface area (Å²) in [5.74, 6) is -0.424. The highest BCUT2D eigenvalue weighted by Gasteiger charge is 2.35. The lowest BCUT2D eigenvalue weighted by atomic mass is 9.98. The minimum absolute atomic E-state index is 0.0637. The summed E-state index contributed by atoms with van der Waals surface area (Å²) in [7, 11) is -3.89. The zero-order chi connectivity index (χ0) is 15.0. The number of nitrogens with two attached hydrogens (primary N) is 2. The SMILES string of the molecule is Cc1oc(C(=O)NC2(CN)CCCC2)cc1S(N)(=O)=O. The summed E-state index contributed by atoms with van der Waals surface area (Å²) >= 11 is 0. The lowest BCUT2D eigenvalue weighted by Gasteiger charge is -2.28. The molecule has 1 fully saturated rings. The number of hydrogen-bond acceptors (Lipinski definition) is 5. The van der Waals surface area contributed by atoms with E-state index in [-0.39, 0.29) is 16.4 Å². The Bertz CT molecular complexity index is 615. The number of nitrogens with one attached hydrogen (secondary N) is 1. The van der Waals surface area contributed by atoms with Gasteiger partial charge in [0.2, 0.25) is 10.0 Å². The molecule has 20 heavy (non-hydrogen) atoms. The first-order valence-corrected chi connectivity index (χ1v) is 7.98. The second kappa shape index (κ2) is 5.19. The van der Waals surface area contributed by atoms with Crippen molar-refractivity contribution in [3.8, 4) is 0 Å². The van der Waals surface area contributed by atoms with Crippen LogP contribution in [-0.4, -0.2) is 26.4 Å². The van der Waals surface area contributed by atoms with Crippen LogP contribution in [0.1, 0.15) is 42.0 Å². The van der Waals surface area contributed by atoms with Crippen LogP contribution in [-0.2, 0) is 10.0 Å². The molecule has 112 valence electrons. The molecule has 1 aromatic rings. The van der Waals surface area contributed by atoms with Gasteiger partial charge in [0.1, 0.15) is 10.7 Å². The molecule has 1 heterocycles. The highest BCUT2D eigenvalue weighted by Crippen LogP contribution is 2.29. The minimum Gasteiger partial charge on any atom is -0.455 e. The third-order valence-electron chi connectivity index (χ3n) is 3.73. The van der Waals surface area contributed by atoms with E-state index in [0.717, 1.165) is 31.7 Å². The average Bonchev–Trinajstić information content (AvgIpc) is 2.95. The van der Waals surface area contributed by atoms with E-state index in [4.69, 9.17) is 15.3 Å². The van der Waals surface area contributed by atoms with E-state index in [1.165, 1.54) is 6.92 Å². The molecule has 5 N–H and O–H groups in total. The number of primary sulfonamides is 1. The zero-order valence-corrected chi connectivity index (χ0v) is 12.1. The second-order valence-corrected chi connectivity index (χ2v) is 6.75. The van der Waals surface area contributed by atoms with Crippen molar-refractivity contribution < 1.29 is 17.6 Å². The first kappa shape index (κ1) is 15.0. The molecule has 1 aromatic heterocycles. The summed E-state index contributed by atoms with van der Waals surface area (Å²) in [6, 6.07) is 1.15. The molecule has 0 saturated heterocycles. The molecule has 1 amide bonds. The highest BCUT2D eigenvalue weighted by atomic mass is 32.2. The average molecular weight is 301 g/mol. The maximum atomic E-state index is 12.2. The second-order valence-electron chi connectivity index (χ2n) is 5.22. The summed E-state index contributed by atoms with van der Waals surface area (Å²) in [4.78, 5) is 12.0. The van der Waals surface area contributed by atoms with Gasteiger partial charge in [-0.25, -0.2) is 13.6 Å². The van der Waals surface area contributed by atoms with Crippen LogP contribution in [0.2, 0.25) is 0 Å². The number of rotatable bonds is 4. The Kier molecular flexibility index (Phi) is 3.90. The van der Waals surface area contributed by atoms with Crippen molar-refractivity contribution in [2.45, 2.75) is 43.0 Å². The normalized spacial score (nSPS) is 18.1. The molecule has 0 aromatic carbocycles. The van der Waals surface area contributed by atoms with Crippen molar-refractivity contribution >= 4 is 15.9 Å². The molecule has 7 nitrogen and oxygen atoms in total. The summed E-state index contributed by atoms with van der Waals surface area (Å²) in [6.07, 6.45) is 3.65. The van der Waals surface area contributed by atoms with E-state index >= 15 is 0 Å². The predicted octanol–water partition coefficient (Wildman–Crippen LogP) is 0.237. The predicted molar refractivity (Wildman–Crippen MR) is 72.5 cm³/mol. The molecule has 0 atom stereocenters. The van der Waals surface area contributed by atoms with Gasteiger partial charge in [-0.3, -0.25) is 4.79 Å². The Morgan fingerprint density at radius 1 is 1.45 bits per heavy atom. The Morgan fingerprint density at radius 3 is 2.50 bits per heavy atom. The van der Waals surface area contributed by atoms with Crippen molar-refractivity contribution in [3.63, 3.8) is 0 Å². The monoisotopic (exact) mass is 301 g/mol. The third-order valence-corrected chi connectivity index (χ3v) is 4.75. The number of furan rings is 1. The number of aryl methyl sites for hydroxylation is 1. The maximum Gasteiger partial charge on any atom is 0.287 e. The minimum atomic E-state index is -3.89. The Balaban J connectivity index is 2.22. The Labute approximate surface area is 117 Å². The van der Waals surface area contributed by atoms with Crippen LogP contribution in [0, 0.1) is 6.92 Å². The van der Waals surface area contributed by atoms with Gasteiger partial charge in [0, 0.05) is 12.6 Å². The molecule has 1 saturated carbocycles. The van der Waals surface area contributed by atoms with Crippen LogP contribution >= 0.6 is 0 Å². The molecule has 2 rings (SSSR count). The number of carbonyl (C=O) groups excluding carboxylic acids is 1. The van der Waals surface area contributed by atoms with Gasteiger partial charge in [-0.2, -0.15) is 0 Å². The fraction of sp³-hybridized carbons (Fsp3) is 0.583. The molecule has 1 aliphatic carbocycles. The quantitative estimate of drug-likeness (QED) is 0.733. The number of carbonyl (C=O) groups is 1. The van der Waals surface area contributed by atoms with E-state index in [2.05, 4.69) is 5.32 Å². The van der Waals surface area contributed by atoms with Gasteiger partial charge in [0.05, 0.1) is 5.54 Å². The molecule has 0 radical (unpaired) electrons. The Morgan fingerprint density at radius 2 is 2.05 bits per heavy atom. The number of sulfonamides is 1.